The maximum atomic E-state index is 12.1. The molecular formula is C23H20O4. The molecule has 0 amide bonds. The normalized spacial score (nSPS) is 14.1. The van der Waals surface area contributed by atoms with E-state index in [1.807, 2.05) is 13.8 Å². The minimum Gasteiger partial charge on any atom is -0.290 e. The molecule has 0 spiro atoms. The second-order valence-corrected chi connectivity index (χ2v) is 5.68. The summed E-state index contributed by atoms with van der Waals surface area (Å²) in [5.41, 5.74) is 2.54. The molecule has 2 aliphatic carbocycles. The molecule has 0 bridgehead atoms. The molecule has 4 nitrogen and oxygen atoms in total. The fourth-order valence-electron chi connectivity index (χ4n) is 2.67. The molecule has 2 aromatic rings. The van der Waals surface area contributed by atoms with E-state index in [0.717, 1.165) is 0 Å². The summed E-state index contributed by atoms with van der Waals surface area (Å²) in [7, 11) is 0. The summed E-state index contributed by atoms with van der Waals surface area (Å²) in [5, 5.41) is 0. The van der Waals surface area contributed by atoms with Gasteiger partial charge in [0.05, 0.1) is 0 Å². The predicted octanol–water partition coefficient (Wildman–Crippen LogP) is 4.13. The van der Waals surface area contributed by atoms with Crippen molar-refractivity contribution in [1.82, 2.24) is 0 Å². The molecule has 0 fully saturated rings. The smallest absolute Gasteiger partial charge is 0.194 e. The molecule has 0 N–H and O–H groups in total. The number of hydrogen-bond donors (Lipinski definition) is 0. The first-order chi connectivity index (χ1) is 13.0. The van der Waals surface area contributed by atoms with Gasteiger partial charge in [0.15, 0.2) is 23.1 Å². The molecule has 27 heavy (non-hydrogen) atoms. The molecule has 2 aliphatic rings. The molecule has 0 aliphatic heterocycles. The minimum atomic E-state index is -0.105. The van der Waals surface area contributed by atoms with Crippen LogP contribution in [-0.4, -0.2) is 23.1 Å². The third-order valence-electron chi connectivity index (χ3n) is 3.98. The van der Waals surface area contributed by atoms with Crippen molar-refractivity contribution in [3.05, 3.63) is 94.6 Å². The molecule has 0 radical (unpaired) electrons. The lowest BCUT2D eigenvalue weighted by atomic mass is 9.84. The quantitative estimate of drug-likeness (QED) is 0.565. The highest BCUT2D eigenvalue weighted by molar-refractivity contribution is 6.28. The van der Waals surface area contributed by atoms with E-state index in [1.165, 1.54) is 18.2 Å². The zero-order valence-corrected chi connectivity index (χ0v) is 15.5. The first kappa shape index (κ1) is 19.9. The Labute approximate surface area is 158 Å². The van der Waals surface area contributed by atoms with Crippen molar-refractivity contribution in [3.8, 4) is 0 Å². The standard InChI is InChI=1S/C14H8O2.C7H6O2.C2H6/c15-13-9-5-1-2-6-10(9)14(16)12-8-4-3-7-11(12)13;1-5-4-6(8)2-3-7(5)9;1-2/h1-8H;2-4H,1H3;1-2H3. The van der Waals surface area contributed by atoms with Crippen LogP contribution < -0.4 is 0 Å². The number of fused-ring (bicyclic) bond motifs is 2. The van der Waals surface area contributed by atoms with E-state index < -0.39 is 0 Å². The van der Waals surface area contributed by atoms with Crippen molar-refractivity contribution in [3.63, 3.8) is 0 Å². The summed E-state index contributed by atoms with van der Waals surface area (Å²) < 4.78 is 0. The van der Waals surface area contributed by atoms with Gasteiger partial charge in [0.1, 0.15) is 0 Å². The van der Waals surface area contributed by atoms with Crippen LogP contribution in [0.2, 0.25) is 0 Å². The highest BCUT2D eigenvalue weighted by atomic mass is 16.1. The van der Waals surface area contributed by atoms with E-state index in [9.17, 15) is 19.2 Å². The summed E-state index contributed by atoms with van der Waals surface area (Å²) >= 11 is 0. The number of carbonyl (C=O) groups excluding carboxylic acids is 4. The maximum Gasteiger partial charge on any atom is 0.194 e. The SMILES string of the molecule is CC.CC1=CC(=O)C=CC1=O.O=C1c2ccccc2C(=O)c2ccccc21. The van der Waals surface area contributed by atoms with Gasteiger partial charge < -0.3 is 0 Å². The van der Waals surface area contributed by atoms with Crippen LogP contribution in [0.5, 0.6) is 0 Å². The first-order valence-corrected chi connectivity index (χ1v) is 8.71. The fraction of sp³-hybridized carbons (Fsp3) is 0.130. The Kier molecular flexibility index (Phi) is 6.50. The average molecular weight is 360 g/mol. The third-order valence-corrected chi connectivity index (χ3v) is 3.98. The Balaban J connectivity index is 0.000000203. The number of benzene rings is 2. The van der Waals surface area contributed by atoms with Gasteiger partial charge in [0, 0.05) is 27.8 Å². The summed E-state index contributed by atoms with van der Waals surface area (Å²) in [6.45, 7) is 5.63. The molecule has 0 aromatic heterocycles. The fourth-order valence-corrected chi connectivity index (χ4v) is 2.67. The first-order valence-electron chi connectivity index (χ1n) is 8.71. The molecule has 2 aromatic carbocycles. The zero-order chi connectivity index (χ0) is 20.0. The Morgan fingerprint density at radius 3 is 1.26 bits per heavy atom. The van der Waals surface area contributed by atoms with Crippen molar-refractivity contribution >= 4 is 23.1 Å². The molecule has 0 unspecified atom stereocenters. The van der Waals surface area contributed by atoms with E-state index in [4.69, 9.17) is 0 Å². The van der Waals surface area contributed by atoms with Gasteiger partial charge in [-0.3, -0.25) is 19.2 Å². The highest BCUT2D eigenvalue weighted by Gasteiger charge is 2.28. The molecule has 4 heteroatoms. The Morgan fingerprint density at radius 2 is 0.963 bits per heavy atom. The molecule has 0 heterocycles. The number of ketones is 4. The van der Waals surface area contributed by atoms with E-state index in [2.05, 4.69) is 0 Å². The van der Waals surface area contributed by atoms with Gasteiger partial charge >= 0.3 is 0 Å². The van der Waals surface area contributed by atoms with Gasteiger partial charge in [-0.1, -0.05) is 62.4 Å². The molecule has 4 rings (SSSR count). The topological polar surface area (TPSA) is 68.3 Å². The lowest BCUT2D eigenvalue weighted by molar-refractivity contribution is -0.114. The zero-order valence-electron chi connectivity index (χ0n) is 15.5. The molecule has 0 saturated heterocycles. The van der Waals surface area contributed by atoms with Crippen molar-refractivity contribution < 1.29 is 19.2 Å². The van der Waals surface area contributed by atoms with E-state index in [-0.39, 0.29) is 23.1 Å². The molecule has 0 atom stereocenters. The van der Waals surface area contributed by atoms with Gasteiger partial charge in [-0.2, -0.15) is 0 Å². The van der Waals surface area contributed by atoms with Crippen LogP contribution in [0, 0.1) is 0 Å². The Hall–Kier alpha value is -3.40. The molecular weight excluding hydrogens is 340 g/mol. The van der Waals surface area contributed by atoms with Crippen LogP contribution in [0.15, 0.2) is 72.3 Å². The summed E-state index contributed by atoms with van der Waals surface area (Å²) in [5.74, 6) is -0.307. The van der Waals surface area contributed by atoms with Crippen LogP contribution in [-0.2, 0) is 9.59 Å². The number of rotatable bonds is 0. The van der Waals surface area contributed by atoms with Crippen molar-refractivity contribution in [1.29, 1.82) is 0 Å². The monoisotopic (exact) mass is 360 g/mol. The van der Waals surface area contributed by atoms with Crippen LogP contribution in [0.3, 0.4) is 0 Å². The van der Waals surface area contributed by atoms with Crippen LogP contribution in [0.25, 0.3) is 0 Å². The van der Waals surface area contributed by atoms with E-state index in [1.54, 1.807) is 55.5 Å². The van der Waals surface area contributed by atoms with Crippen LogP contribution in [0.4, 0.5) is 0 Å². The van der Waals surface area contributed by atoms with Crippen LogP contribution in [0.1, 0.15) is 52.6 Å². The van der Waals surface area contributed by atoms with Crippen LogP contribution >= 0.6 is 0 Å². The number of allylic oxidation sites excluding steroid dienone is 4. The minimum absolute atomic E-state index is 0.0641. The number of hydrogen-bond acceptors (Lipinski definition) is 4. The van der Waals surface area contributed by atoms with E-state index in [0.29, 0.717) is 27.8 Å². The second kappa shape index (κ2) is 8.81. The van der Waals surface area contributed by atoms with Crippen molar-refractivity contribution in [2.75, 3.05) is 0 Å². The predicted molar refractivity (Wildman–Crippen MR) is 104 cm³/mol. The Morgan fingerprint density at radius 1 is 0.593 bits per heavy atom. The van der Waals surface area contributed by atoms with Gasteiger partial charge in [0.2, 0.25) is 0 Å². The largest absolute Gasteiger partial charge is 0.290 e. The van der Waals surface area contributed by atoms with E-state index >= 15 is 0 Å². The highest BCUT2D eigenvalue weighted by Crippen LogP contribution is 2.26. The van der Waals surface area contributed by atoms with Crippen molar-refractivity contribution in [2.24, 2.45) is 0 Å². The van der Waals surface area contributed by atoms with Gasteiger partial charge in [-0.15, -0.1) is 0 Å². The summed E-state index contributed by atoms with van der Waals surface area (Å²) in [6.07, 6.45) is 3.90. The number of carbonyl (C=O) groups is 4. The summed E-state index contributed by atoms with van der Waals surface area (Å²) in [4.78, 5) is 45.3. The lowest BCUT2D eigenvalue weighted by Crippen LogP contribution is -2.20. The maximum absolute atomic E-state index is 12.1. The Bertz CT molecular complexity index is 872. The van der Waals surface area contributed by atoms with Gasteiger partial charge in [0.25, 0.3) is 0 Å². The second-order valence-electron chi connectivity index (χ2n) is 5.68. The summed E-state index contributed by atoms with van der Waals surface area (Å²) in [6, 6.07) is 13.9. The molecule has 0 saturated carbocycles. The molecule has 136 valence electrons. The lowest BCUT2D eigenvalue weighted by Gasteiger charge is -2.16. The van der Waals surface area contributed by atoms with Gasteiger partial charge in [-0.25, -0.2) is 0 Å². The average Bonchev–Trinajstić information content (AvgIpc) is 2.71. The van der Waals surface area contributed by atoms with Gasteiger partial charge in [-0.05, 0) is 25.2 Å². The van der Waals surface area contributed by atoms with Crippen molar-refractivity contribution in [2.45, 2.75) is 20.8 Å². The third kappa shape index (κ3) is 4.23.